The van der Waals surface area contributed by atoms with Crippen molar-refractivity contribution >= 4 is 45.7 Å². The molecule has 3 aromatic rings. The molecule has 1 unspecified atom stereocenters. The van der Waals surface area contributed by atoms with Gasteiger partial charge in [0.25, 0.3) is 5.91 Å². The number of likely N-dealkylation sites (N-methyl/N-ethyl adjacent to an activating group) is 1. The summed E-state index contributed by atoms with van der Waals surface area (Å²) in [6.07, 6.45) is 3.43. The van der Waals surface area contributed by atoms with Gasteiger partial charge in [-0.15, -0.1) is 11.6 Å². The molecule has 32 heavy (non-hydrogen) atoms. The van der Waals surface area contributed by atoms with Crippen molar-refractivity contribution in [3.05, 3.63) is 71.8 Å². The molecule has 0 saturated heterocycles. The second-order valence-corrected chi connectivity index (χ2v) is 8.61. The Bertz CT molecular complexity index is 1140. The first-order valence-electron chi connectivity index (χ1n) is 10.7. The van der Waals surface area contributed by atoms with Crippen LogP contribution in [0.25, 0.3) is 16.8 Å². The Morgan fingerprint density at radius 3 is 2.59 bits per heavy atom. The van der Waals surface area contributed by atoms with Gasteiger partial charge in [0.1, 0.15) is 12.4 Å². The Labute approximate surface area is 194 Å². The maximum absolute atomic E-state index is 13.1. The number of ether oxygens (including phenoxy) is 1. The molecule has 0 fully saturated rings. The summed E-state index contributed by atoms with van der Waals surface area (Å²) >= 11 is 6.29. The van der Waals surface area contributed by atoms with Crippen molar-refractivity contribution in [1.82, 2.24) is 4.90 Å². The van der Waals surface area contributed by atoms with Crippen LogP contribution in [0.3, 0.4) is 0 Å². The smallest absolute Gasteiger partial charge is 0.251 e. The summed E-state index contributed by atoms with van der Waals surface area (Å²) in [4.78, 5) is 16.9. The summed E-state index contributed by atoms with van der Waals surface area (Å²) in [6, 6.07) is 17.6. The van der Waals surface area contributed by atoms with E-state index in [9.17, 15) is 4.79 Å². The van der Waals surface area contributed by atoms with Crippen LogP contribution < -0.4 is 15.4 Å². The van der Waals surface area contributed by atoms with Crippen LogP contribution in [0.4, 0.5) is 11.4 Å². The van der Waals surface area contributed by atoms with Gasteiger partial charge in [-0.25, -0.2) is 0 Å². The fourth-order valence-corrected chi connectivity index (χ4v) is 4.34. The molecule has 2 N–H and O–H groups in total. The molecule has 1 aliphatic heterocycles. The van der Waals surface area contributed by atoms with Crippen molar-refractivity contribution in [2.24, 2.45) is 0 Å². The number of nitrogen functional groups attached to an aromatic ring is 1. The van der Waals surface area contributed by atoms with E-state index in [1.807, 2.05) is 68.7 Å². The number of hydrogen-bond acceptors (Lipinski definition) is 4. The number of benzene rings is 3. The second kappa shape index (κ2) is 9.63. The lowest BCUT2D eigenvalue weighted by Crippen LogP contribution is -2.28. The van der Waals surface area contributed by atoms with Gasteiger partial charge in [0, 0.05) is 42.0 Å². The number of nitrogens with zero attached hydrogens (tertiary/aromatic N) is 2. The van der Waals surface area contributed by atoms with Crippen LogP contribution in [-0.4, -0.2) is 50.5 Å². The van der Waals surface area contributed by atoms with Crippen molar-refractivity contribution in [2.45, 2.75) is 5.92 Å². The maximum atomic E-state index is 13.1. The van der Waals surface area contributed by atoms with E-state index >= 15 is 0 Å². The molecular formula is C26H28ClN3O2. The molecular weight excluding hydrogens is 422 g/mol. The molecule has 1 atom stereocenters. The fourth-order valence-electron chi connectivity index (χ4n) is 4.09. The molecule has 0 aromatic heterocycles. The number of rotatable bonds is 7. The molecule has 6 heteroatoms. The molecule has 0 spiro atoms. The first-order valence-corrected chi connectivity index (χ1v) is 11.3. The van der Waals surface area contributed by atoms with Gasteiger partial charge in [0.05, 0.1) is 5.69 Å². The summed E-state index contributed by atoms with van der Waals surface area (Å²) < 4.78 is 5.72. The molecule has 1 amide bonds. The second-order valence-electron chi connectivity index (χ2n) is 8.30. The average Bonchev–Trinajstić information content (AvgIpc) is 3.17. The summed E-state index contributed by atoms with van der Waals surface area (Å²) in [5, 5.41) is 2.07. The Morgan fingerprint density at radius 1 is 1.19 bits per heavy atom. The summed E-state index contributed by atoms with van der Waals surface area (Å²) in [7, 11) is 4.03. The minimum absolute atomic E-state index is 0.0770. The van der Waals surface area contributed by atoms with Crippen molar-refractivity contribution in [3.8, 4) is 5.75 Å². The van der Waals surface area contributed by atoms with E-state index in [1.165, 1.54) is 0 Å². The molecule has 166 valence electrons. The number of fused-ring (bicyclic) bond motifs is 3. The molecule has 4 rings (SSSR count). The number of alkyl halides is 1. The Balaban J connectivity index is 1.52. The van der Waals surface area contributed by atoms with E-state index in [1.54, 1.807) is 11.0 Å². The lowest BCUT2D eigenvalue weighted by molar-refractivity contribution is -0.114. The monoisotopic (exact) mass is 449 g/mol. The average molecular weight is 450 g/mol. The van der Waals surface area contributed by atoms with Gasteiger partial charge in [-0.3, -0.25) is 4.79 Å². The van der Waals surface area contributed by atoms with Crippen molar-refractivity contribution < 1.29 is 9.53 Å². The molecule has 3 aromatic carbocycles. The highest BCUT2D eigenvalue weighted by atomic mass is 35.5. The van der Waals surface area contributed by atoms with Gasteiger partial charge in [0.2, 0.25) is 0 Å². The van der Waals surface area contributed by atoms with Gasteiger partial charge in [0.15, 0.2) is 0 Å². The Kier molecular flexibility index (Phi) is 6.68. The van der Waals surface area contributed by atoms with Gasteiger partial charge in [-0.2, -0.15) is 0 Å². The highest BCUT2D eigenvalue weighted by Gasteiger charge is 2.33. The highest BCUT2D eigenvalue weighted by molar-refractivity contribution is 6.19. The SMILES string of the molecule is CN(C)CCOc1ccc(/C=C/C(=O)N2CC(CCl)c3c2cc(N)c2ccccc32)cc1. The quantitative estimate of drug-likeness (QED) is 0.321. The third-order valence-corrected chi connectivity index (χ3v) is 6.13. The number of anilines is 2. The van der Waals surface area contributed by atoms with Gasteiger partial charge >= 0.3 is 0 Å². The van der Waals surface area contributed by atoms with Gasteiger partial charge in [-0.1, -0.05) is 36.4 Å². The van der Waals surface area contributed by atoms with Crippen LogP contribution in [0.2, 0.25) is 0 Å². The molecule has 0 bridgehead atoms. The molecule has 0 radical (unpaired) electrons. The third-order valence-electron chi connectivity index (χ3n) is 5.76. The first kappa shape index (κ1) is 22.2. The van der Waals surface area contributed by atoms with Crippen LogP contribution in [-0.2, 0) is 4.79 Å². The number of amides is 1. The van der Waals surface area contributed by atoms with E-state index < -0.39 is 0 Å². The number of hydrogen-bond donors (Lipinski definition) is 1. The zero-order valence-electron chi connectivity index (χ0n) is 18.4. The summed E-state index contributed by atoms with van der Waals surface area (Å²) in [5.41, 5.74) is 9.86. The Morgan fingerprint density at radius 2 is 1.91 bits per heavy atom. The van der Waals surface area contributed by atoms with E-state index in [0.29, 0.717) is 24.7 Å². The minimum atomic E-state index is -0.0835. The van der Waals surface area contributed by atoms with E-state index in [-0.39, 0.29) is 11.8 Å². The number of carbonyl (C=O) groups is 1. The topological polar surface area (TPSA) is 58.8 Å². The lowest BCUT2D eigenvalue weighted by Gasteiger charge is -2.17. The molecule has 5 nitrogen and oxygen atoms in total. The highest BCUT2D eigenvalue weighted by Crippen LogP contribution is 2.44. The van der Waals surface area contributed by atoms with Crippen LogP contribution in [0.15, 0.2) is 60.7 Å². The van der Waals surface area contributed by atoms with Crippen molar-refractivity contribution in [1.29, 1.82) is 0 Å². The normalized spacial score (nSPS) is 15.6. The largest absolute Gasteiger partial charge is 0.492 e. The first-order chi connectivity index (χ1) is 15.5. The van der Waals surface area contributed by atoms with Crippen molar-refractivity contribution in [3.63, 3.8) is 0 Å². The number of carbonyl (C=O) groups excluding carboxylic acids is 1. The molecule has 1 aliphatic rings. The van der Waals surface area contributed by atoms with Gasteiger partial charge < -0.3 is 20.3 Å². The van der Waals surface area contributed by atoms with E-state index in [2.05, 4.69) is 11.0 Å². The lowest BCUT2D eigenvalue weighted by atomic mass is 9.95. The summed E-state index contributed by atoms with van der Waals surface area (Å²) in [6.45, 7) is 2.04. The van der Waals surface area contributed by atoms with Gasteiger partial charge in [-0.05, 0) is 54.9 Å². The zero-order valence-corrected chi connectivity index (χ0v) is 19.2. The van der Waals surface area contributed by atoms with Crippen LogP contribution in [0, 0.1) is 0 Å². The maximum Gasteiger partial charge on any atom is 0.251 e. The van der Waals surface area contributed by atoms with E-state index in [0.717, 1.165) is 39.9 Å². The van der Waals surface area contributed by atoms with Crippen molar-refractivity contribution in [2.75, 3.05) is 50.3 Å². The number of nitrogens with two attached hydrogens (primary N) is 1. The van der Waals surface area contributed by atoms with E-state index in [4.69, 9.17) is 22.1 Å². The van der Waals surface area contributed by atoms with Crippen LogP contribution in [0.5, 0.6) is 5.75 Å². The van der Waals surface area contributed by atoms with Crippen LogP contribution >= 0.6 is 11.6 Å². The molecule has 0 saturated carbocycles. The summed E-state index contributed by atoms with van der Waals surface area (Å²) in [5.74, 6) is 1.26. The number of halogens is 1. The predicted molar refractivity (Wildman–Crippen MR) is 134 cm³/mol. The zero-order chi connectivity index (χ0) is 22.7. The minimum Gasteiger partial charge on any atom is -0.492 e. The third kappa shape index (κ3) is 4.59. The molecule has 1 heterocycles. The Hall–Kier alpha value is -3.02. The standard InChI is InChI=1S/C26H28ClN3O2/c1-29(2)13-14-32-20-10-7-18(8-11-20)9-12-25(31)30-17-19(16-27)26-22-6-4-3-5-21(22)23(28)15-24(26)30/h3-12,15,19H,13-14,16-17,28H2,1-2H3/b12-9+. The predicted octanol–water partition coefficient (Wildman–Crippen LogP) is 4.74. The van der Waals surface area contributed by atoms with Crippen LogP contribution in [0.1, 0.15) is 17.0 Å². The fraction of sp³-hybridized carbons (Fsp3) is 0.269. The molecule has 0 aliphatic carbocycles.